The summed E-state index contributed by atoms with van der Waals surface area (Å²) in [4.78, 5) is 0.124. The van der Waals surface area contributed by atoms with Crippen molar-refractivity contribution < 1.29 is 8.42 Å². The standard InChI is InChI=1S/C11H20N4O2S/c1-3-6-15(7-9-4-5-9)18(16,17)10-8-14(2)13-11(10)12/h8-9H,3-7H2,1-2H3,(H2,12,13). The third-order valence-electron chi connectivity index (χ3n) is 3.07. The SMILES string of the molecule is CCCN(CC1CC1)S(=O)(=O)c1cn(C)nc1N. The van der Waals surface area contributed by atoms with Crippen LogP contribution in [0.2, 0.25) is 0 Å². The third-order valence-corrected chi connectivity index (χ3v) is 4.95. The number of nitrogen functional groups attached to an aromatic ring is 1. The molecule has 18 heavy (non-hydrogen) atoms. The average Bonchev–Trinajstić information content (AvgIpc) is 3.02. The summed E-state index contributed by atoms with van der Waals surface area (Å²) in [5.74, 6) is 0.596. The van der Waals surface area contributed by atoms with Gasteiger partial charge < -0.3 is 5.73 Å². The Balaban J connectivity index is 2.28. The van der Waals surface area contributed by atoms with Gasteiger partial charge in [-0.3, -0.25) is 4.68 Å². The van der Waals surface area contributed by atoms with Gasteiger partial charge in [0.1, 0.15) is 4.90 Å². The van der Waals surface area contributed by atoms with Crippen molar-refractivity contribution in [1.29, 1.82) is 0 Å². The van der Waals surface area contributed by atoms with Crippen LogP contribution in [0.1, 0.15) is 26.2 Å². The van der Waals surface area contributed by atoms with Crippen LogP contribution in [-0.2, 0) is 17.1 Å². The molecule has 0 unspecified atom stereocenters. The first-order chi connectivity index (χ1) is 8.45. The van der Waals surface area contributed by atoms with E-state index in [4.69, 9.17) is 5.73 Å². The fraction of sp³-hybridized carbons (Fsp3) is 0.727. The fourth-order valence-electron chi connectivity index (χ4n) is 1.97. The topological polar surface area (TPSA) is 81.2 Å². The molecule has 102 valence electrons. The Morgan fingerprint density at radius 2 is 2.22 bits per heavy atom. The van der Waals surface area contributed by atoms with Crippen LogP contribution in [0, 0.1) is 5.92 Å². The van der Waals surface area contributed by atoms with E-state index >= 15 is 0 Å². The summed E-state index contributed by atoms with van der Waals surface area (Å²) < 4.78 is 28.0. The van der Waals surface area contributed by atoms with E-state index < -0.39 is 10.0 Å². The second-order valence-corrected chi connectivity index (χ2v) is 6.77. The summed E-state index contributed by atoms with van der Waals surface area (Å²) in [7, 11) is -1.84. The zero-order valence-electron chi connectivity index (χ0n) is 10.8. The van der Waals surface area contributed by atoms with Gasteiger partial charge >= 0.3 is 0 Å². The van der Waals surface area contributed by atoms with Gasteiger partial charge in [0.2, 0.25) is 10.0 Å². The van der Waals surface area contributed by atoms with Crippen molar-refractivity contribution in [3.05, 3.63) is 6.20 Å². The van der Waals surface area contributed by atoms with Crippen molar-refractivity contribution >= 4 is 15.8 Å². The van der Waals surface area contributed by atoms with Gasteiger partial charge in [0, 0.05) is 26.3 Å². The second-order valence-electron chi connectivity index (χ2n) is 4.86. The first-order valence-electron chi connectivity index (χ1n) is 6.24. The minimum Gasteiger partial charge on any atom is -0.381 e. The number of hydrogen-bond acceptors (Lipinski definition) is 4. The van der Waals surface area contributed by atoms with Gasteiger partial charge in [-0.25, -0.2) is 8.42 Å². The van der Waals surface area contributed by atoms with Crippen molar-refractivity contribution in [3.8, 4) is 0 Å². The maximum atomic E-state index is 12.5. The first-order valence-corrected chi connectivity index (χ1v) is 7.68. The number of hydrogen-bond donors (Lipinski definition) is 1. The molecule has 0 bridgehead atoms. The average molecular weight is 272 g/mol. The highest BCUT2D eigenvalue weighted by Gasteiger charge is 2.33. The first kappa shape index (κ1) is 13.4. The maximum absolute atomic E-state index is 12.5. The Morgan fingerprint density at radius 3 is 2.67 bits per heavy atom. The predicted molar refractivity (Wildman–Crippen MR) is 69.4 cm³/mol. The Labute approximate surface area is 108 Å². The molecule has 0 atom stereocenters. The van der Waals surface area contributed by atoms with E-state index in [2.05, 4.69) is 5.10 Å². The van der Waals surface area contributed by atoms with Crippen LogP contribution in [0.5, 0.6) is 0 Å². The van der Waals surface area contributed by atoms with Crippen molar-refractivity contribution in [2.24, 2.45) is 13.0 Å². The molecule has 1 aliphatic carbocycles. The van der Waals surface area contributed by atoms with Crippen LogP contribution in [0.25, 0.3) is 0 Å². The van der Waals surface area contributed by atoms with Gasteiger partial charge in [0.05, 0.1) is 0 Å². The van der Waals surface area contributed by atoms with Crippen molar-refractivity contribution in [2.75, 3.05) is 18.8 Å². The molecule has 0 aromatic carbocycles. The quantitative estimate of drug-likeness (QED) is 0.831. The minimum absolute atomic E-state index is 0.0781. The number of nitrogens with zero attached hydrogens (tertiary/aromatic N) is 3. The van der Waals surface area contributed by atoms with Gasteiger partial charge in [-0.05, 0) is 25.2 Å². The van der Waals surface area contributed by atoms with E-state index in [0.717, 1.165) is 19.3 Å². The second kappa shape index (κ2) is 4.89. The van der Waals surface area contributed by atoms with Gasteiger partial charge in [0.15, 0.2) is 5.82 Å². The smallest absolute Gasteiger partial charge is 0.248 e. The van der Waals surface area contributed by atoms with Gasteiger partial charge in [-0.1, -0.05) is 6.92 Å². The molecule has 7 heteroatoms. The molecule has 6 nitrogen and oxygen atoms in total. The fourth-order valence-corrected chi connectivity index (χ4v) is 3.67. The predicted octanol–water partition coefficient (Wildman–Crippen LogP) is 0.813. The van der Waals surface area contributed by atoms with Crippen LogP contribution in [-0.4, -0.2) is 35.6 Å². The van der Waals surface area contributed by atoms with Crippen LogP contribution in [0.4, 0.5) is 5.82 Å². The minimum atomic E-state index is -3.50. The molecule has 0 aliphatic heterocycles. The van der Waals surface area contributed by atoms with E-state index in [-0.39, 0.29) is 10.7 Å². The highest BCUT2D eigenvalue weighted by molar-refractivity contribution is 7.89. The number of anilines is 1. The van der Waals surface area contributed by atoms with Crippen molar-refractivity contribution in [1.82, 2.24) is 14.1 Å². The lowest BCUT2D eigenvalue weighted by molar-refractivity contribution is 0.396. The Hall–Kier alpha value is -1.08. The number of aromatic nitrogens is 2. The highest BCUT2D eigenvalue weighted by Crippen LogP contribution is 2.32. The molecule has 2 rings (SSSR count). The molecule has 1 aliphatic rings. The summed E-state index contributed by atoms with van der Waals surface area (Å²) in [6.07, 6.45) is 4.52. The Bertz CT molecular complexity index is 519. The number of rotatable bonds is 6. The summed E-state index contributed by atoms with van der Waals surface area (Å²) in [6, 6.07) is 0. The third kappa shape index (κ3) is 2.67. The maximum Gasteiger partial charge on any atom is 0.248 e. The molecule has 0 radical (unpaired) electrons. The normalized spacial score (nSPS) is 16.4. The molecule has 1 heterocycles. The Morgan fingerprint density at radius 1 is 1.56 bits per heavy atom. The van der Waals surface area contributed by atoms with Crippen molar-refractivity contribution in [2.45, 2.75) is 31.1 Å². The number of sulfonamides is 1. The monoisotopic (exact) mass is 272 g/mol. The van der Waals surface area contributed by atoms with Crippen LogP contribution < -0.4 is 5.73 Å². The molecule has 2 N–H and O–H groups in total. The van der Waals surface area contributed by atoms with E-state index in [1.807, 2.05) is 6.92 Å². The highest BCUT2D eigenvalue weighted by atomic mass is 32.2. The van der Waals surface area contributed by atoms with Gasteiger partial charge in [-0.2, -0.15) is 9.40 Å². The molecule has 1 aromatic rings. The Kier molecular flexibility index (Phi) is 3.63. The van der Waals surface area contributed by atoms with Crippen LogP contribution in [0.3, 0.4) is 0 Å². The van der Waals surface area contributed by atoms with Gasteiger partial charge in [0.25, 0.3) is 0 Å². The summed E-state index contributed by atoms with van der Waals surface area (Å²) in [5.41, 5.74) is 5.67. The summed E-state index contributed by atoms with van der Waals surface area (Å²) in [6.45, 7) is 3.11. The lowest BCUT2D eigenvalue weighted by Crippen LogP contribution is -2.33. The molecule has 0 spiro atoms. The molecule has 0 saturated heterocycles. The van der Waals surface area contributed by atoms with Crippen LogP contribution in [0.15, 0.2) is 11.1 Å². The summed E-state index contributed by atoms with van der Waals surface area (Å²) in [5, 5.41) is 3.90. The molecular formula is C11H20N4O2S. The number of aryl methyl sites for hydroxylation is 1. The zero-order chi connectivity index (χ0) is 13.3. The van der Waals surface area contributed by atoms with E-state index in [1.54, 1.807) is 7.05 Å². The van der Waals surface area contributed by atoms with Crippen LogP contribution >= 0.6 is 0 Å². The van der Waals surface area contributed by atoms with E-state index in [0.29, 0.717) is 19.0 Å². The van der Waals surface area contributed by atoms with E-state index in [1.165, 1.54) is 15.2 Å². The lowest BCUT2D eigenvalue weighted by atomic mass is 10.4. The molecule has 1 fully saturated rings. The lowest BCUT2D eigenvalue weighted by Gasteiger charge is -2.20. The zero-order valence-corrected chi connectivity index (χ0v) is 11.7. The number of nitrogens with two attached hydrogens (primary N) is 1. The summed E-state index contributed by atoms with van der Waals surface area (Å²) >= 11 is 0. The molecular weight excluding hydrogens is 252 g/mol. The van der Waals surface area contributed by atoms with Crippen molar-refractivity contribution in [3.63, 3.8) is 0 Å². The largest absolute Gasteiger partial charge is 0.381 e. The molecule has 0 amide bonds. The molecule has 1 saturated carbocycles. The molecule has 1 aromatic heterocycles. The van der Waals surface area contributed by atoms with E-state index in [9.17, 15) is 8.42 Å². The van der Waals surface area contributed by atoms with Gasteiger partial charge in [-0.15, -0.1) is 0 Å².